The molecular formula is C15H11N3O. The molecule has 3 aromatic rings. The van der Waals surface area contributed by atoms with Crippen molar-refractivity contribution in [2.45, 2.75) is 0 Å². The third-order valence-electron chi connectivity index (χ3n) is 2.98. The smallest absolute Gasteiger partial charge is 0.248 e. The Labute approximate surface area is 109 Å². The molecule has 4 heteroatoms. The number of hydrogen-bond acceptors (Lipinski definition) is 3. The van der Waals surface area contributed by atoms with Crippen molar-refractivity contribution in [3.8, 4) is 11.1 Å². The van der Waals surface area contributed by atoms with Gasteiger partial charge in [0.25, 0.3) is 0 Å². The van der Waals surface area contributed by atoms with Crippen molar-refractivity contribution in [1.29, 1.82) is 0 Å². The van der Waals surface area contributed by atoms with Crippen LogP contribution in [0.25, 0.3) is 22.0 Å². The fraction of sp³-hybridized carbons (Fsp3) is 0. The van der Waals surface area contributed by atoms with Gasteiger partial charge in [-0.05, 0) is 35.9 Å². The molecule has 0 aliphatic rings. The Morgan fingerprint density at radius 2 is 1.79 bits per heavy atom. The van der Waals surface area contributed by atoms with E-state index >= 15 is 0 Å². The Morgan fingerprint density at radius 3 is 2.53 bits per heavy atom. The van der Waals surface area contributed by atoms with Crippen molar-refractivity contribution in [2.75, 3.05) is 0 Å². The molecule has 2 aromatic heterocycles. The van der Waals surface area contributed by atoms with E-state index in [4.69, 9.17) is 5.73 Å². The highest BCUT2D eigenvalue weighted by molar-refractivity contribution is 5.97. The van der Waals surface area contributed by atoms with Crippen LogP contribution in [-0.4, -0.2) is 15.9 Å². The number of benzene rings is 1. The minimum atomic E-state index is -0.443. The highest BCUT2D eigenvalue weighted by Gasteiger charge is 2.04. The van der Waals surface area contributed by atoms with Crippen molar-refractivity contribution in [2.24, 2.45) is 5.73 Å². The van der Waals surface area contributed by atoms with Crippen LogP contribution < -0.4 is 5.73 Å². The van der Waals surface area contributed by atoms with E-state index in [-0.39, 0.29) is 0 Å². The molecule has 0 saturated heterocycles. The number of carbonyl (C=O) groups is 1. The van der Waals surface area contributed by atoms with Crippen molar-refractivity contribution in [1.82, 2.24) is 9.97 Å². The maximum absolute atomic E-state index is 11.1. The number of nitrogens with zero attached hydrogens (tertiary/aromatic N) is 2. The molecule has 0 aliphatic carbocycles. The standard InChI is InChI=1S/C15H11N3O/c16-15(19)12-2-1-11-7-13(9-18-14(11)8-12)10-3-5-17-6-4-10/h1-9H,(H2,16,19). The topological polar surface area (TPSA) is 68.9 Å². The molecule has 0 atom stereocenters. The predicted molar refractivity (Wildman–Crippen MR) is 73.5 cm³/mol. The molecule has 0 bridgehead atoms. The largest absolute Gasteiger partial charge is 0.366 e. The van der Waals surface area contributed by atoms with Gasteiger partial charge < -0.3 is 5.73 Å². The van der Waals surface area contributed by atoms with Crippen LogP contribution in [0, 0.1) is 0 Å². The molecule has 3 rings (SSSR count). The van der Waals surface area contributed by atoms with Crippen LogP contribution in [0.15, 0.2) is 55.0 Å². The van der Waals surface area contributed by atoms with E-state index in [1.807, 2.05) is 24.3 Å². The Bertz CT molecular complexity index is 754. The number of carbonyl (C=O) groups excluding carboxylic acids is 1. The molecule has 92 valence electrons. The molecule has 2 N–H and O–H groups in total. The molecule has 0 fully saturated rings. The summed E-state index contributed by atoms with van der Waals surface area (Å²) >= 11 is 0. The lowest BCUT2D eigenvalue weighted by Crippen LogP contribution is -2.10. The summed E-state index contributed by atoms with van der Waals surface area (Å²) in [4.78, 5) is 19.5. The van der Waals surface area contributed by atoms with E-state index in [1.54, 1.807) is 30.7 Å². The maximum Gasteiger partial charge on any atom is 0.248 e. The summed E-state index contributed by atoms with van der Waals surface area (Å²) in [7, 11) is 0. The fourth-order valence-corrected chi connectivity index (χ4v) is 1.98. The average molecular weight is 249 g/mol. The van der Waals surface area contributed by atoms with E-state index < -0.39 is 5.91 Å². The molecule has 2 heterocycles. The summed E-state index contributed by atoms with van der Waals surface area (Å²) in [6, 6.07) is 11.2. The first kappa shape index (κ1) is 11.3. The van der Waals surface area contributed by atoms with Gasteiger partial charge in [-0.15, -0.1) is 0 Å². The average Bonchev–Trinajstić information content (AvgIpc) is 2.47. The molecule has 0 saturated carbocycles. The van der Waals surface area contributed by atoms with Gasteiger partial charge in [0.2, 0.25) is 5.91 Å². The van der Waals surface area contributed by atoms with E-state index in [0.29, 0.717) is 5.56 Å². The Hall–Kier alpha value is -2.75. The Morgan fingerprint density at radius 1 is 1.00 bits per heavy atom. The minimum absolute atomic E-state index is 0.443. The minimum Gasteiger partial charge on any atom is -0.366 e. The second-order valence-corrected chi connectivity index (χ2v) is 4.23. The zero-order chi connectivity index (χ0) is 13.2. The van der Waals surface area contributed by atoms with Crippen molar-refractivity contribution < 1.29 is 4.79 Å². The quantitative estimate of drug-likeness (QED) is 0.758. The van der Waals surface area contributed by atoms with Crippen LogP contribution in [0.3, 0.4) is 0 Å². The van der Waals surface area contributed by atoms with Crippen LogP contribution in [0.5, 0.6) is 0 Å². The van der Waals surface area contributed by atoms with Gasteiger partial charge in [-0.3, -0.25) is 14.8 Å². The van der Waals surface area contributed by atoms with Gasteiger partial charge in [0.05, 0.1) is 5.52 Å². The molecule has 0 aliphatic heterocycles. The number of aromatic nitrogens is 2. The van der Waals surface area contributed by atoms with Gasteiger partial charge in [-0.25, -0.2) is 0 Å². The van der Waals surface area contributed by atoms with Gasteiger partial charge in [-0.1, -0.05) is 6.07 Å². The summed E-state index contributed by atoms with van der Waals surface area (Å²) < 4.78 is 0. The first-order valence-corrected chi connectivity index (χ1v) is 5.84. The fourth-order valence-electron chi connectivity index (χ4n) is 1.98. The number of amides is 1. The monoisotopic (exact) mass is 249 g/mol. The molecule has 0 unspecified atom stereocenters. The summed E-state index contributed by atoms with van der Waals surface area (Å²) in [6.07, 6.45) is 5.27. The van der Waals surface area contributed by atoms with Gasteiger partial charge >= 0.3 is 0 Å². The van der Waals surface area contributed by atoms with E-state index in [9.17, 15) is 4.79 Å². The second-order valence-electron chi connectivity index (χ2n) is 4.23. The maximum atomic E-state index is 11.1. The zero-order valence-corrected chi connectivity index (χ0v) is 10.1. The summed E-state index contributed by atoms with van der Waals surface area (Å²) in [5, 5.41) is 0.972. The van der Waals surface area contributed by atoms with Gasteiger partial charge in [-0.2, -0.15) is 0 Å². The summed E-state index contributed by atoms with van der Waals surface area (Å²) in [5.41, 5.74) is 8.55. The van der Waals surface area contributed by atoms with Crippen molar-refractivity contribution in [3.63, 3.8) is 0 Å². The lowest BCUT2D eigenvalue weighted by Gasteiger charge is -2.04. The molecular weight excluding hydrogens is 238 g/mol. The predicted octanol–water partition coefficient (Wildman–Crippen LogP) is 2.40. The van der Waals surface area contributed by atoms with E-state index in [1.165, 1.54) is 0 Å². The highest BCUT2D eigenvalue weighted by atomic mass is 16.1. The summed E-state index contributed by atoms with van der Waals surface area (Å²) in [6.45, 7) is 0. The van der Waals surface area contributed by atoms with Gasteiger partial charge in [0, 0.05) is 35.1 Å². The number of rotatable bonds is 2. The number of primary amides is 1. The molecule has 1 amide bonds. The first-order chi connectivity index (χ1) is 9.24. The van der Waals surface area contributed by atoms with E-state index in [0.717, 1.165) is 22.0 Å². The Balaban J connectivity index is 2.12. The van der Waals surface area contributed by atoms with Gasteiger partial charge in [0.1, 0.15) is 0 Å². The first-order valence-electron chi connectivity index (χ1n) is 5.84. The second kappa shape index (κ2) is 4.49. The third kappa shape index (κ3) is 2.15. The van der Waals surface area contributed by atoms with Crippen LogP contribution >= 0.6 is 0 Å². The van der Waals surface area contributed by atoms with Crippen molar-refractivity contribution >= 4 is 16.8 Å². The molecule has 1 aromatic carbocycles. The number of pyridine rings is 2. The lowest BCUT2D eigenvalue weighted by molar-refractivity contribution is 0.100. The van der Waals surface area contributed by atoms with Crippen LogP contribution in [0.4, 0.5) is 0 Å². The van der Waals surface area contributed by atoms with Crippen molar-refractivity contribution in [3.05, 3.63) is 60.6 Å². The number of hydrogen-bond donors (Lipinski definition) is 1. The lowest BCUT2D eigenvalue weighted by atomic mass is 10.1. The number of nitrogens with two attached hydrogens (primary N) is 1. The third-order valence-corrected chi connectivity index (χ3v) is 2.98. The van der Waals surface area contributed by atoms with E-state index in [2.05, 4.69) is 9.97 Å². The zero-order valence-electron chi connectivity index (χ0n) is 10.1. The van der Waals surface area contributed by atoms with Crippen LogP contribution in [-0.2, 0) is 0 Å². The molecule has 19 heavy (non-hydrogen) atoms. The molecule has 0 radical (unpaired) electrons. The van der Waals surface area contributed by atoms with Gasteiger partial charge in [0.15, 0.2) is 0 Å². The molecule has 0 spiro atoms. The Kier molecular flexibility index (Phi) is 2.68. The summed E-state index contributed by atoms with van der Waals surface area (Å²) in [5.74, 6) is -0.443. The van der Waals surface area contributed by atoms with Crippen LogP contribution in [0.2, 0.25) is 0 Å². The highest BCUT2D eigenvalue weighted by Crippen LogP contribution is 2.22. The van der Waals surface area contributed by atoms with Crippen LogP contribution in [0.1, 0.15) is 10.4 Å². The normalized spacial score (nSPS) is 10.5. The molecule has 4 nitrogen and oxygen atoms in total. The SMILES string of the molecule is NC(=O)c1ccc2cc(-c3ccncc3)cnc2c1. The number of fused-ring (bicyclic) bond motifs is 1.